The molecule has 5 rings (SSSR count). The van der Waals surface area contributed by atoms with Crippen LogP contribution in [0.15, 0.2) is 89.5 Å². The third-order valence-electron chi connectivity index (χ3n) is 7.28. The van der Waals surface area contributed by atoms with Crippen molar-refractivity contribution in [1.82, 2.24) is 5.32 Å². The van der Waals surface area contributed by atoms with E-state index >= 15 is 0 Å². The Morgan fingerprint density at radius 3 is 2.41 bits per heavy atom. The number of esters is 1. The molecule has 1 atom stereocenters. The van der Waals surface area contributed by atoms with Crippen molar-refractivity contribution in [3.63, 3.8) is 0 Å². The molecule has 1 heterocycles. The van der Waals surface area contributed by atoms with Crippen molar-refractivity contribution in [2.24, 2.45) is 0 Å². The van der Waals surface area contributed by atoms with Crippen LogP contribution in [0.2, 0.25) is 5.02 Å². The van der Waals surface area contributed by atoms with Crippen LogP contribution in [0.1, 0.15) is 56.5 Å². The predicted octanol–water partition coefficient (Wildman–Crippen LogP) is 7.60. The lowest BCUT2D eigenvalue weighted by Gasteiger charge is -2.14. The molecule has 1 aliphatic carbocycles. The van der Waals surface area contributed by atoms with Gasteiger partial charge >= 0.3 is 5.97 Å². The number of halogens is 1. The molecule has 0 aliphatic heterocycles. The molecule has 0 fully saturated rings. The number of benzene rings is 3. The fraction of sp³-hybridized carbons (Fsp3) is 0.200. The quantitative estimate of drug-likeness (QED) is 0.0908. The Labute approximate surface area is 280 Å². The molecule has 0 spiro atoms. The van der Waals surface area contributed by atoms with E-state index in [9.17, 15) is 19.2 Å². The zero-order chi connectivity index (χ0) is 32.6. The molecule has 4 aromatic rings. The van der Waals surface area contributed by atoms with Crippen LogP contribution >= 0.6 is 34.7 Å². The van der Waals surface area contributed by atoms with Gasteiger partial charge in [0.1, 0.15) is 10.7 Å². The molecule has 1 aliphatic rings. The summed E-state index contributed by atoms with van der Waals surface area (Å²) in [5.74, 6) is -1.64. The number of carbonyl (C=O) groups is 4. The topological polar surface area (TPSA) is 114 Å². The number of aryl methyl sites for hydroxylation is 1. The van der Waals surface area contributed by atoms with Gasteiger partial charge < -0.3 is 20.7 Å². The van der Waals surface area contributed by atoms with Gasteiger partial charge in [-0.1, -0.05) is 48.0 Å². The average Bonchev–Trinajstić information content (AvgIpc) is 3.43. The third kappa shape index (κ3) is 8.25. The number of hydrogen-bond donors (Lipinski definition) is 3. The Morgan fingerprint density at radius 1 is 0.935 bits per heavy atom. The summed E-state index contributed by atoms with van der Waals surface area (Å²) in [6.45, 7) is 1.78. The monoisotopic (exact) mass is 673 g/mol. The minimum Gasteiger partial charge on any atom is -0.465 e. The number of nitrogens with one attached hydrogen (secondary N) is 3. The Kier molecular flexibility index (Phi) is 11.0. The molecule has 0 saturated heterocycles. The van der Waals surface area contributed by atoms with E-state index in [1.165, 1.54) is 30.2 Å². The van der Waals surface area contributed by atoms with E-state index < -0.39 is 23.0 Å². The molecule has 0 saturated carbocycles. The SMILES string of the molecule is COC(=O)c1c(NC(=O)C(C)Sc2cccc(NC(=O)/C(=C/c3ccc(Cl)cc3)NC(=O)c3ccccc3)c2)sc2c1CCCC2. The van der Waals surface area contributed by atoms with Crippen molar-refractivity contribution in [3.8, 4) is 0 Å². The van der Waals surface area contributed by atoms with Crippen LogP contribution in [0.5, 0.6) is 0 Å². The highest BCUT2D eigenvalue weighted by molar-refractivity contribution is 8.00. The zero-order valence-corrected chi connectivity index (χ0v) is 27.6. The number of methoxy groups -OCH3 is 1. The zero-order valence-electron chi connectivity index (χ0n) is 25.2. The molecule has 11 heteroatoms. The molecule has 0 bridgehead atoms. The first kappa shape index (κ1) is 33.0. The van der Waals surface area contributed by atoms with Gasteiger partial charge in [-0.15, -0.1) is 23.1 Å². The second-order valence-corrected chi connectivity index (χ2v) is 13.5. The first-order valence-corrected chi connectivity index (χ1v) is 16.7. The summed E-state index contributed by atoms with van der Waals surface area (Å²) in [7, 11) is 1.35. The molecule has 8 nitrogen and oxygen atoms in total. The van der Waals surface area contributed by atoms with Gasteiger partial charge in [-0.25, -0.2) is 4.79 Å². The number of amides is 3. The molecule has 46 heavy (non-hydrogen) atoms. The molecule has 236 valence electrons. The van der Waals surface area contributed by atoms with Crippen LogP contribution in [0.4, 0.5) is 10.7 Å². The van der Waals surface area contributed by atoms with Crippen molar-refractivity contribution in [2.75, 3.05) is 17.7 Å². The number of rotatable bonds is 10. The van der Waals surface area contributed by atoms with E-state index in [2.05, 4.69) is 16.0 Å². The maximum absolute atomic E-state index is 13.5. The number of thiophene rings is 1. The van der Waals surface area contributed by atoms with Crippen molar-refractivity contribution in [3.05, 3.63) is 117 Å². The largest absolute Gasteiger partial charge is 0.465 e. The predicted molar refractivity (Wildman–Crippen MR) is 185 cm³/mol. The Hall–Kier alpha value is -4.38. The van der Waals surface area contributed by atoms with Gasteiger partial charge in [-0.05, 0) is 92.3 Å². The second kappa shape index (κ2) is 15.3. The number of anilines is 2. The highest BCUT2D eigenvalue weighted by Crippen LogP contribution is 2.39. The van der Waals surface area contributed by atoms with Gasteiger partial charge in [0.2, 0.25) is 5.91 Å². The summed E-state index contributed by atoms with van der Waals surface area (Å²) in [5.41, 5.74) is 3.05. The molecule has 3 N–H and O–H groups in total. The lowest BCUT2D eigenvalue weighted by Crippen LogP contribution is -2.30. The van der Waals surface area contributed by atoms with E-state index in [0.717, 1.165) is 41.0 Å². The third-order valence-corrected chi connectivity index (χ3v) is 9.83. The lowest BCUT2D eigenvalue weighted by molar-refractivity contribution is -0.115. The summed E-state index contributed by atoms with van der Waals surface area (Å²) in [6.07, 6.45) is 5.30. The van der Waals surface area contributed by atoms with Gasteiger partial charge in [0.05, 0.1) is 17.9 Å². The second-order valence-electron chi connectivity index (χ2n) is 10.6. The van der Waals surface area contributed by atoms with Crippen LogP contribution in [-0.4, -0.2) is 36.1 Å². The lowest BCUT2D eigenvalue weighted by atomic mass is 9.95. The van der Waals surface area contributed by atoms with Crippen molar-refractivity contribution in [2.45, 2.75) is 42.8 Å². The molecule has 1 unspecified atom stereocenters. The first-order chi connectivity index (χ1) is 22.2. The maximum Gasteiger partial charge on any atom is 0.341 e. The summed E-state index contributed by atoms with van der Waals surface area (Å²) in [6, 6.07) is 22.6. The van der Waals surface area contributed by atoms with Gasteiger partial charge in [-0.3, -0.25) is 14.4 Å². The summed E-state index contributed by atoms with van der Waals surface area (Å²) in [4.78, 5) is 54.1. The molecular formula is C35H32ClN3O5S2. The summed E-state index contributed by atoms with van der Waals surface area (Å²) < 4.78 is 5.03. The Balaban J connectivity index is 1.29. The van der Waals surface area contributed by atoms with Crippen LogP contribution in [0.3, 0.4) is 0 Å². The number of hydrogen-bond acceptors (Lipinski definition) is 7. The standard InChI is InChI=1S/C35H32ClN3O5S2/c1-21(31(40)39-34-30(35(43)44-2)27-13-6-7-14-29(27)46-34)45-26-12-8-11-25(20-26)37-33(42)28(19-22-15-17-24(36)18-16-22)38-32(41)23-9-4-3-5-10-23/h3-5,8-12,15-21H,6-7,13-14H2,1-2H3,(H,37,42)(H,38,41)(H,39,40)/b28-19-. The Bertz CT molecular complexity index is 1790. The fourth-order valence-corrected chi connectivity index (χ4v) is 7.29. The van der Waals surface area contributed by atoms with Crippen LogP contribution in [0, 0.1) is 0 Å². The summed E-state index contributed by atoms with van der Waals surface area (Å²) in [5, 5.41) is 9.09. The Morgan fingerprint density at radius 2 is 1.67 bits per heavy atom. The minimum absolute atomic E-state index is 0.0435. The van der Waals surface area contributed by atoms with E-state index in [0.29, 0.717) is 32.4 Å². The fourth-order valence-electron chi connectivity index (χ4n) is 4.96. The first-order valence-electron chi connectivity index (χ1n) is 14.7. The average molecular weight is 674 g/mol. The van der Waals surface area contributed by atoms with Gasteiger partial charge in [-0.2, -0.15) is 0 Å². The van der Waals surface area contributed by atoms with Gasteiger partial charge in [0.15, 0.2) is 0 Å². The van der Waals surface area contributed by atoms with Crippen molar-refractivity contribution < 1.29 is 23.9 Å². The summed E-state index contributed by atoms with van der Waals surface area (Å²) >= 11 is 8.78. The van der Waals surface area contributed by atoms with E-state index in [-0.39, 0.29) is 11.6 Å². The van der Waals surface area contributed by atoms with Crippen LogP contribution < -0.4 is 16.0 Å². The van der Waals surface area contributed by atoms with Gasteiger partial charge in [0.25, 0.3) is 11.8 Å². The smallest absolute Gasteiger partial charge is 0.341 e. The minimum atomic E-state index is -0.524. The molecule has 0 radical (unpaired) electrons. The molecule has 1 aromatic heterocycles. The maximum atomic E-state index is 13.5. The van der Waals surface area contributed by atoms with Gasteiger partial charge in [0, 0.05) is 26.0 Å². The van der Waals surface area contributed by atoms with E-state index in [4.69, 9.17) is 16.3 Å². The van der Waals surface area contributed by atoms with E-state index in [1.54, 1.807) is 85.8 Å². The van der Waals surface area contributed by atoms with Crippen molar-refractivity contribution >= 4 is 75.2 Å². The molecular weight excluding hydrogens is 642 g/mol. The molecule has 3 amide bonds. The number of ether oxygens (including phenoxy) is 1. The number of carbonyl (C=O) groups excluding carboxylic acids is 4. The van der Waals surface area contributed by atoms with Crippen LogP contribution in [0.25, 0.3) is 6.08 Å². The molecule has 3 aromatic carbocycles. The van der Waals surface area contributed by atoms with Crippen molar-refractivity contribution in [1.29, 1.82) is 0 Å². The van der Waals surface area contributed by atoms with Crippen LogP contribution in [-0.2, 0) is 27.2 Å². The number of thioether (sulfide) groups is 1. The highest BCUT2D eigenvalue weighted by atomic mass is 35.5. The van der Waals surface area contributed by atoms with E-state index in [1.807, 2.05) is 6.07 Å². The highest BCUT2D eigenvalue weighted by Gasteiger charge is 2.28. The normalized spacial score (nSPS) is 13.2. The number of fused-ring (bicyclic) bond motifs is 1.